The van der Waals surface area contributed by atoms with Gasteiger partial charge in [0.1, 0.15) is 18.2 Å². The molecule has 9 nitrogen and oxygen atoms in total. The van der Waals surface area contributed by atoms with Gasteiger partial charge in [0.15, 0.2) is 9.84 Å². The minimum atomic E-state index is -4.97. The summed E-state index contributed by atoms with van der Waals surface area (Å²) in [5.74, 6) is -0.819. The summed E-state index contributed by atoms with van der Waals surface area (Å²) in [5, 5.41) is 12.9. The Bertz CT molecular complexity index is 1390. The fourth-order valence-corrected chi connectivity index (χ4v) is 6.44. The lowest BCUT2D eigenvalue weighted by molar-refractivity contribution is -0.140. The first-order valence-corrected chi connectivity index (χ1v) is 13.2. The normalized spacial score (nSPS) is 18.4. The first kappa shape index (κ1) is 26.6. The van der Waals surface area contributed by atoms with Crippen molar-refractivity contribution in [3.05, 3.63) is 54.1 Å². The molecule has 0 radical (unpaired) electrons. The number of carboxylic acid groups (broad SMARTS) is 1. The highest BCUT2D eigenvalue weighted by molar-refractivity contribution is 7.92. The summed E-state index contributed by atoms with van der Waals surface area (Å²) in [6, 6.07) is 4.78. The fourth-order valence-electron chi connectivity index (χ4n) is 4.54. The first-order chi connectivity index (χ1) is 17.4. The highest BCUT2D eigenvalue weighted by atomic mass is 32.2. The van der Waals surface area contributed by atoms with Gasteiger partial charge in [0.05, 0.1) is 27.1 Å². The molecule has 2 aromatic heterocycles. The summed E-state index contributed by atoms with van der Waals surface area (Å²) in [5.41, 5.74) is -0.405. The summed E-state index contributed by atoms with van der Waals surface area (Å²) >= 11 is 0. The highest BCUT2D eigenvalue weighted by Gasteiger charge is 2.47. The Morgan fingerprint density at radius 1 is 1.22 bits per heavy atom. The number of rotatable bonds is 8. The van der Waals surface area contributed by atoms with Crippen molar-refractivity contribution in [2.24, 2.45) is 0 Å². The first-order valence-electron chi connectivity index (χ1n) is 11.7. The minimum absolute atomic E-state index is 0.0837. The number of carboxylic acids is 1. The molecule has 3 heterocycles. The molecule has 198 valence electrons. The van der Waals surface area contributed by atoms with Crippen LogP contribution in [0.5, 0.6) is 0 Å². The maximum atomic E-state index is 14.1. The highest BCUT2D eigenvalue weighted by Crippen LogP contribution is 2.40. The molecule has 4 rings (SSSR count). The molecular weight excluding hydrogens is 511 g/mol. The maximum absolute atomic E-state index is 14.1. The smallest absolute Gasteiger partial charge is 0.417 e. The van der Waals surface area contributed by atoms with Crippen molar-refractivity contribution in [1.29, 1.82) is 0 Å². The number of halogens is 3. The van der Waals surface area contributed by atoms with E-state index in [0.717, 1.165) is 25.0 Å². The lowest BCUT2D eigenvalue weighted by Crippen LogP contribution is -2.37. The standard InChI is InChI=1S/C24H26F3N5O4S/c1-3-4-9-32-22(10-15(2)30-32)31-13-17(12-20(31)23(33)34)37(35,36)21-6-5-16(11-18(21)24(25,26)27)19-7-8-28-14-29-19/h5-8,10-11,14,17,20H,3-4,9,12-13H2,1-2H3,(H,33,34)/t17-,20+/m1/s1. The van der Waals surface area contributed by atoms with Crippen LogP contribution < -0.4 is 4.90 Å². The van der Waals surface area contributed by atoms with Crippen molar-refractivity contribution in [2.45, 2.75) is 62.0 Å². The quantitative estimate of drug-likeness (QED) is 0.459. The molecule has 37 heavy (non-hydrogen) atoms. The fraction of sp³-hybridized carbons (Fsp3) is 0.417. The van der Waals surface area contributed by atoms with Crippen LogP contribution in [0.2, 0.25) is 0 Å². The molecule has 0 spiro atoms. The molecule has 0 aliphatic carbocycles. The average Bonchev–Trinajstić information content (AvgIpc) is 3.46. The Hall–Kier alpha value is -3.48. The minimum Gasteiger partial charge on any atom is -0.480 e. The van der Waals surface area contributed by atoms with Gasteiger partial charge >= 0.3 is 12.1 Å². The van der Waals surface area contributed by atoms with Gasteiger partial charge < -0.3 is 10.0 Å². The second-order valence-electron chi connectivity index (χ2n) is 8.93. The third-order valence-corrected chi connectivity index (χ3v) is 8.54. The van der Waals surface area contributed by atoms with Crippen molar-refractivity contribution in [1.82, 2.24) is 19.7 Å². The maximum Gasteiger partial charge on any atom is 0.417 e. The van der Waals surface area contributed by atoms with E-state index in [2.05, 4.69) is 15.1 Å². The number of benzene rings is 1. The van der Waals surface area contributed by atoms with Crippen LogP contribution in [0.15, 0.2) is 47.8 Å². The monoisotopic (exact) mass is 537 g/mol. The molecule has 0 saturated carbocycles. The van der Waals surface area contributed by atoms with E-state index in [9.17, 15) is 31.5 Å². The van der Waals surface area contributed by atoms with E-state index in [1.54, 1.807) is 17.7 Å². The molecule has 2 atom stereocenters. The SMILES string of the molecule is CCCCn1nc(C)cc1N1C[C@H](S(=O)(=O)c2ccc(-c3ccncn3)cc2C(F)(F)F)C[C@H]1C(=O)O. The number of sulfone groups is 1. The van der Waals surface area contributed by atoms with E-state index in [1.165, 1.54) is 29.6 Å². The predicted molar refractivity (Wildman–Crippen MR) is 129 cm³/mol. The number of alkyl halides is 3. The number of nitrogens with zero attached hydrogens (tertiary/aromatic N) is 5. The van der Waals surface area contributed by atoms with Crippen molar-refractivity contribution in [2.75, 3.05) is 11.4 Å². The summed E-state index contributed by atoms with van der Waals surface area (Å²) in [7, 11) is -4.57. The number of carbonyl (C=O) groups is 1. The Morgan fingerprint density at radius 2 is 1.97 bits per heavy atom. The molecule has 0 amide bonds. The van der Waals surface area contributed by atoms with Crippen LogP contribution in [0.1, 0.15) is 37.4 Å². The Balaban J connectivity index is 1.74. The van der Waals surface area contributed by atoms with E-state index in [1.807, 2.05) is 6.92 Å². The second kappa shape index (κ2) is 10.1. The van der Waals surface area contributed by atoms with Crippen molar-refractivity contribution < 1.29 is 31.5 Å². The second-order valence-corrected chi connectivity index (χ2v) is 11.1. The number of unbranched alkanes of at least 4 members (excludes halogenated alkanes) is 1. The van der Waals surface area contributed by atoms with Gasteiger partial charge in [-0.3, -0.25) is 0 Å². The zero-order chi connectivity index (χ0) is 27.0. The number of aryl methyl sites for hydroxylation is 2. The van der Waals surface area contributed by atoms with E-state index >= 15 is 0 Å². The Labute approximate surface area is 211 Å². The molecule has 1 N–H and O–H groups in total. The number of hydrogen-bond acceptors (Lipinski definition) is 7. The van der Waals surface area contributed by atoms with Gasteiger partial charge in [0, 0.05) is 30.9 Å². The molecular formula is C24H26F3N5O4S. The van der Waals surface area contributed by atoms with Gasteiger partial charge in [-0.15, -0.1) is 0 Å². The summed E-state index contributed by atoms with van der Waals surface area (Å²) in [6.07, 6.45) is -1.14. The molecule has 3 aromatic rings. The van der Waals surface area contributed by atoms with Gasteiger partial charge in [-0.1, -0.05) is 19.4 Å². The van der Waals surface area contributed by atoms with E-state index in [-0.39, 0.29) is 24.2 Å². The topological polar surface area (TPSA) is 118 Å². The molecule has 0 unspecified atom stereocenters. The largest absolute Gasteiger partial charge is 0.480 e. The van der Waals surface area contributed by atoms with Crippen LogP contribution in [0.3, 0.4) is 0 Å². The number of anilines is 1. The van der Waals surface area contributed by atoms with E-state index in [0.29, 0.717) is 18.1 Å². The van der Waals surface area contributed by atoms with Crippen LogP contribution in [0.4, 0.5) is 19.0 Å². The van der Waals surface area contributed by atoms with Crippen LogP contribution in [0, 0.1) is 6.92 Å². The van der Waals surface area contributed by atoms with Gasteiger partial charge in [-0.2, -0.15) is 18.3 Å². The third-order valence-electron chi connectivity index (χ3n) is 6.35. The molecule has 1 aliphatic heterocycles. The summed E-state index contributed by atoms with van der Waals surface area (Å²) in [4.78, 5) is 20.3. The van der Waals surface area contributed by atoms with E-state index in [4.69, 9.17) is 0 Å². The summed E-state index contributed by atoms with van der Waals surface area (Å²) < 4.78 is 71.0. The van der Waals surface area contributed by atoms with Crippen LogP contribution in [0.25, 0.3) is 11.3 Å². The predicted octanol–water partition coefficient (Wildman–Crippen LogP) is 3.97. The number of aromatic nitrogens is 4. The lowest BCUT2D eigenvalue weighted by Gasteiger charge is -2.24. The van der Waals surface area contributed by atoms with Crippen LogP contribution in [-0.2, 0) is 27.4 Å². The zero-order valence-electron chi connectivity index (χ0n) is 20.2. The van der Waals surface area contributed by atoms with Crippen molar-refractivity contribution in [3.63, 3.8) is 0 Å². The average molecular weight is 538 g/mol. The van der Waals surface area contributed by atoms with Crippen LogP contribution >= 0.6 is 0 Å². The van der Waals surface area contributed by atoms with Gasteiger partial charge in [-0.05, 0) is 38.0 Å². The molecule has 1 fully saturated rings. The number of hydrogen-bond donors (Lipinski definition) is 1. The van der Waals surface area contributed by atoms with Gasteiger partial charge in [-0.25, -0.2) is 27.9 Å². The summed E-state index contributed by atoms with van der Waals surface area (Å²) in [6.45, 7) is 3.95. The molecule has 1 aliphatic rings. The van der Waals surface area contributed by atoms with Crippen LogP contribution in [-0.4, -0.2) is 57.1 Å². The van der Waals surface area contributed by atoms with Crippen molar-refractivity contribution >= 4 is 21.6 Å². The Morgan fingerprint density at radius 3 is 2.59 bits per heavy atom. The van der Waals surface area contributed by atoms with Crippen molar-refractivity contribution in [3.8, 4) is 11.3 Å². The zero-order valence-corrected chi connectivity index (χ0v) is 21.0. The Kier molecular flexibility index (Phi) is 7.27. The lowest BCUT2D eigenvalue weighted by atomic mass is 10.1. The van der Waals surface area contributed by atoms with E-state index < -0.39 is 43.7 Å². The third kappa shape index (κ3) is 5.31. The van der Waals surface area contributed by atoms with Gasteiger partial charge in [0.2, 0.25) is 0 Å². The molecule has 1 aromatic carbocycles. The van der Waals surface area contributed by atoms with Gasteiger partial charge in [0.25, 0.3) is 0 Å². The number of aliphatic carboxylic acids is 1. The molecule has 13 heteroatoms. The molecule has 0 bridgehead atoms. The molecule has 1 saturated heterocycles.